The number of carbonyl (C=O) groups excluding carboxylic acids is 1. The van der Waals surface area contributed by atoms with Crippen molar-refractivity contribution >= 4 is 23.5 Å². The number of rotatable bonds is 3. The van der Waals surface area contributed by atoms with Crippen LogP contribution in [0.3, 0.4) is 0 Å². The lowest BCUT2D eigenvalue weighted by molar-refractivity contribution is -0.108. The van der Waals surface area contributed by atoms with Gasteiger partial charge in [-0.1, -0.05) is 42.5 Å². The highest BCUT2D eigenvalue weighted by Gasteiger charge is 2.24. The first-order valence-electron chi connectivity index (χ1n) is 7.52. The molecule has 2 N–H and O–H groups in total. The Labute approximate surface area is 134 Å². The maximum absolute atomic E-state index is 11.5. The van der Waals surface area contributed by atoms with Crippen molar-refractivity contribution in [1.29, 1.82) is 0 Å². The first-order chi connectivity index (χ1) is 11.3. The van der Waals surface area contributed by atoms with Crippen molar-refractivity contribution < 1.29 is 4.79 Å². The second kappa shape index (κ2) is 5.61. The fourth-order valence-electron chi connectivity index (χ4n) is 2.84. The van der Waals surface area contributed by atoms with Crippen LogP contribution in [0, 0.1) is 0 Å². The summed E-state index contributed by atoms with van der Waals surface area (Å²) in [5.41, 5.74) is 3.86. The van der Waals surface area contributed by atoms with Crippen molar-refractivity contribution in [2.24, 2.45) is 0 Å². The van der Waals surface area contributed by atoms with Gasteiger partial charge in [0.1, 0.15) is 18.1 Å². The summed E-state index contributed by atoms with van der Waals surface area (Å²) in [6, 6.07) is 17.6. The molecule has 1 aromatic heterocycles. The van der Waals surface area contributed by atoms with E-state index in [2.05, 4.69) is 27.9 Å². The van der Waals surface area contributed by atoms with Crippen LogP contribution in [-0.2, 0) is 11.3 Å². The molecule has 0 fully saturated rings. The number of aldehydes is 1. The molecule has 1 unspecified atom stereocenters. The van der Waals surface area contributed by atoms with Gasteiger partial charge in [0, 0.05) is 5.56 Å². The molecular weight excluding hydrogens is 288 g/mol. The zero-order valence-corrected chi connectivity index (χ0v) is 12.4. The monoisotopic (exact) mass is 304 g/mol. The first kappa shape index (κ1) is 13.6. The van der Waals surface area contributed by atoms with Gasteiger partial charge in [0.25, 0.3) is 0 Å². The number of benzene rings is 2. The smallest absolute Gasteiger partial charge is 0.146 e. The zero-order chi connectivity index (χ0) is 15.6. The second-order valence-corrected chi connectivity index (χ2v) is 5.52. The minimum Gasteiger partial charge on any atom is -0.370 e. The third-order valence-electron chi connectivity index (χ3n) is 4.01. The number of nitrogens with one attached hydrogen (secondary N) is 2. The van der Waals surface area contributed by atoms with Gasteiger partial charge < -0.3 is 15.4 Å². The van der Waals surface area contributed by atoms with Crippen molar-refractivity contribution in [3.63, 3.8) is 0 Å². The molecule has 5 heteroatoms. The third kappa shape index (κ3) is 2.46. The summed E-state index contributed by atoms with van der Waals surface area (Å²) in [6.45, 7) is 0.650. The Morgan fingerprint density at radius 2 is 1.78 bits per heavy atom. The minimum atomic E-state index is -0.411. The van der Waals surface area contributed by atoms with Gasteiger partial charge in [0.15, 0.2) is 0 Å². The first-order valence-corrected chi connectivity index (χ1v) is 7.52. The molecule has 2 heterocycles. The number of para-hydroxylation sites is 2. The highest BCUT2D eigenvalue weighted by molar-refractivity contribution is 5.83. The van der Waals surface area contributed by atoms with Crippen LogP contribution in [-0.4, -0.2) is 16.1 Å². The van der Waals surface area contributed by atoms with E-state index in [9.17, 15) is 4.79 Å². The average Bonchev–Trinajstić information content (AvgIpc) is 2.89. The van der Waals surface area contributed by atoms with Gasteiger partial charge in [-0.2, -0.15) is 5.10 Å². The highest BCUT2D eigenvalue weighted by atomic mass is 16.1. The molecule has 2 aromatic carbocycles. The van der Waals surface area contributed by atoms with E-state index >= 15 is 0 Å². The van der Waals surface area contributed by atoms with Crippen molar-refractivity contribution in [3.05, 3.63) is 71.9 Å². The number of fused-ring (bicyclic) bond motifs is 2. The summed E-state index contributed by atoms with van der Waals surface area (Å²) in [5, 5.41) is 11.1. The number of hydrogen-bond acceptors (Lipinski definition) is 4. The molecule has 0 aliphatic carbocycles. The van der Waals surface area contributed by atoms with Crippen LogP contribution in [0.2, 0.25) is 0 Å². The molecule has 5 nitrogen and oxygen atoms in total. The molecule has 1 aliphatic rings. The Kier molecular flexibility index (Phi) is 3.31. The molecule has 0 saturated heterocycles. The lowest BCUT2D eigenvalue weighted by Gasteiger charge is -2.11. The number of carbonyl (C=O) groups is 1. The number of nitrogens with zero attached hydrogens (tertiary/aromatic N) is 2. The van der Waals surface area contributed by atoms with E-state index in [1.54, 1.807) is 6.20 Å². The van der Waals surface area contributed by atoms with Gasteiger partial charge in [-0.25, -0.2) is 4.68 Å². The molecule has 4 rings (SSSR count). The summed E-state index contributed by atoms with van der Waals surface area (Å²) in [4.78, 5) is 11.5. The molecule has 0 amide bonds. The predicted octanol–water partition coefficient (Wildman–Crippen LogP) is 3.34. The van der Waals surface area contributed by atoms with Crippen LogP contribution in [0.15, 0.2) is 60.8 Å². The molecule has 114 valence electrons. The van der Waals surface area contributed by atoms with E-state index in [0.717, 1.165) is 34.6 Å². The summed E-state index contributed by atoms with van der Waals surface area (Å²) in [5.74, 6) is 0.850. The normalized spacial score (nSPS) is 15.6. The van der Waals surface area contributed by atoms with E-state index in [1.165, 1.54) is 0 Å². The molecule has 3 aromatic rings. The molecule has 1 aliphatic heterocycles. The topological polar surface area (TPSA) is 59.0 Å². The third-order valence-corrected chi connectivity index (χ3v) is 4.01. The number of aromatic nitrogens is 2. The fraction of sp³-hybridized carbons (Fsp3) is 0.111. The molecule has 1 atom stereocenters. The van der Waals surface area contributed by atoms with Gasteiger partial charge in [0.05, 0.1) is 24.1 Å². The molecular formula is C18H16N4O. The Balaban J connectivity index is 1.77. The quantitative estimate of drug-likeness (QED) is 0.729. The van der Waals surface area contributed by atoms with Gasteiger partial charge in [-0.15, -0.1) is 0 Å². The van der Waals surface area contributed by atoms with Crippen LogP contribution in [0.1, 0.15) is 17.2 Å². The van der Waals surface area contributed by atoms with Crippen molar-refractivity contribution in [2.75, 3.05) is 10.6 Å². The lowest BCUT2D eigenvalue weighted by atomic mass is 10.1. The minimum absolute atomic E-state index is 0.411. The highest BCUT2D eigenvalue weighted by Crippen LogP contribution is 2.36. The maximum Gasteiger partial charge on any atom is 0.146 e. The van der Waals surface area contributed by atoms with Gasteiger partial charge in [-0.05, 0) is 17.7 Å². The zero-order valence-electron chi connectivity index (χ0n) is 12.4. The standard InChI is InChI=1S/C18H16N4O/c23-12-17-14-10-19-22(11-13-6-2-1-3-7-13)18(14)21-16-9-5-4-8-15(16)20-17/h1-10,12,17,20-21H,11H2. The van der Waals surface area contributed by atoms with Crippen molar-refractivity contribution in [3.8, 4) is 0 Å². The maximum atomic E-state index is 11.5. The molecule has 0 bridgehead atoms. The Morgan fingerprint density at radius 3 is 2.57 bits per heavy atom. The van der Waals surface area contributed by atoms with Gasteiger partial charge in [0.2, 0.25) is 0 Å². The Hall–Kier alpha value is -3.08. The van der Waals surface area contributed by atoms with E-state index in [-0.39, 0.29) is 0 Å². The van der Waals surface area contributed by atoms with E-state index in [0.29, 0.717) is 6.54 Å². The van der Waals surface area contributed by atoms with E-state index in [4.69, 9.17) is 0 Å². The Morgan fingerprint density at radius 1 is 1.04 bits per heavy atom. The van der Waals surface area contributed by atoms with Gasteiger partial charge >= 0.3 is 0 Å². The van der Waals surface area contributed by atoms with Crippen LogP contribution in [0.5, 0.6) is 0 Å². The lowest BCUT2D eigenvalue weighted by Crippen LogP contribution is -2.10. The van der Waals surface area contributed by atoms with Crippen LogP contribution >= 0.6 is 0 Å². The van der Waals surface area contributed by atoms with Crippen LogP contribution in [0.4, 0.5) is 17.2 Å². The fourth-order valence-corrected chi connectivity index (χ4v) is 2.84. The van der Waals surface area contributed by atoms with E-state index in [1.807, 2.05) is 47.1 Å². The van der Waals surface area contributed by atoms with Crippen molar-refractivity contribution in [2.45, 2.75) is 12.6 Å². The van der Waals surface area contributed by atoms with E-state index < -0.39 is 6.04 Å². The summed E-state index contributed by atoms with van der Waals surface area (Å²) < 4.78 is 1.89. The molecule has 0 radical (unpaired) electrons. The molecule has 0 saturated carbocycles. The molecule has 0 spiro atoms. The van der Waals surface area contributed by atoms with Crippen LogP contribution < -0.4 is 10.6 Å². The summed E-state index contributed by atoms with van der Waals surface area (Å²) in [7, 11) is 0. The average molecular weight is 304 g/mol. The largest absolute Gasteiger partial charge is 0.370 e. The van der Waals surface area contributed by atoms with Crippen molar-refractivity contribution in [1.82, 2.24) is 9.78 Å². The number of anilines is 3. The number of hydrogen-bond donors (Lipinski definition) is 2. The van der Waals surface area contributed by atoms with Crippen LogP contribution in [0.25, 0.3) is 0 Å². The predicted molar refractivity (Wildman–Crippen MR) is 89.9 cm³/mol. The van der Waals surface area contributed by atoms with Gasteiger partial charge in [-0.3, -0.25) is 0 Å². The SMILES string of the molecule is O=CC1Nc2ccccc2Nc2c1cnn2Cc1ccccc1. The summed E-state index contributed by atoms with van der Waals surface area (Å²) in [6.07, 6.45) is 2.67. The second-order valence-electron chi connectivity index (χ2n) is 5.52. The molecule has 23 heavy (non-hydrogen) atoms. The Bertz CT molecular complexity index is 841. The summed E-state index contributed by atoms with van der Waals surface area (Å²) >= 11 is 0.